The summed E-state index contributed by atoms with van der Waals surface area (Å²) in [5.74, 6) is 0. The van der Waals surface area contributed by atoms with Crippen molar-refractivity contribution in [2.45, 2.75) is 68.3 Å². The molecule has 0 radical (unpaired) electrons. The van der Waals surface area contributed by atoms with Crippen molar-refractivity contribution in [3.05, 3.63) is 0 Å². The van der Waals surface area contributed by atoms with E-state index in [4.69, 9.17) is 0 Å². The van der Waals surface area contributed by atoms with E-state index in [1.165, 1.54) is 6.42 Å². The van der Waals surface area contributed by atoms with Gasteiger partial charge in [0, 0.05) is 0 Å². The summed E-state index contributed by atoms with van der Waals surface area (Å²) < 4.78 is 24.2. The largest absolute Gasteiger partial charge is 0.228 e. The standard InChI is InChI=1S/C11H20O2S/c1-11(8-5-9-11)14(12,13)10-6-3-2-4-7-10/h10H,2-9H2,1H3. The minimum atomic E-state index is -2.82. The fourth-order valence-corrected chi connectivity index (χ4v) is 5.35. The molecule has 2 saturated carbocycles. The fraction of sp³-hybridized carbons (Fsp3) is 1.00. The lowest BCUT2D eigenvalue weighted by molar-refractivity contribution is 0.351. The van der Waals surface area contributed by atoms with E-state index < -0.39 is 9.84 Å². The van der Waals surface area contributed by atoms with E-state index in [0.717, 1.165) is 44.9 Å². The summed E-state index contributed by atoms with van der Waals surface area (Å²) >= 11 is 0. The van der Waals surface area contributed by atoms with E-state index in [1.807, 2.05) is 6.92 Å². The molecule has 0 aromatic carbocycles. The van der Waals surface area contributed by atoms with Crippen molar-refractivity contribution in [1.29, 1.82) is 0 Å². The van der Waals surface area contributed by atoms with E-state index in [1.54, 1.807) is 0 Å². The van der Waals surface area contributed by atoms with Crippen molar-refractivity contribution in [2.75, 3.05) is 0 Å². The van der Waals surface area contributed by atoms with Gasteiger partial charge in [-0.3, -0.25) is 0 Å². The summed E-state index contributed by atoms with van der Waals surface area (Å²) in [5, 5.41) is -0.0125. The zero-order valence-corrected chi connectivity index (χ0v) is 9.78. The Labute approximate surface area is 87.0 Å². The van der Waals surface area contributed by atoms with E-state index in [0.29, 0.717) is 0 Å². The predicted molar refractivity (Wildman–Crippen MR) is 58.0 cm³/mol. The Morgan fingerprint density at radius 2 is 1.57 bits per heavy atom. The van der Waals surface area contributed by atoms with Gasteiger partial charge in [0.1, 0.15) is 0 Å². The second-order valence-corrected chi connectivity index (χ2v) is 7.85. The first-order valence-corrected chi connectivity index (χ1v) is 7.34. The highest BCUT2D eigenvalue weighted by Gasteiger charge is 2.47. The molecule has 0 unspecified atom stereocenters. The second-order valence-electron chi connectivity index (χ2n) is 5.11. The van der Waals surface area contributed by atoms with Gasteiger partial charge in [0.25, 0.3) is 0 Å². The fourth-order valence-electron chi connectivity index (χ4n) is 2.74. The van der Waals surface area contributed by atoms with Gasteiger partial charge in [-0.25, -0.2) is 8.42 Å². The summed E-state index contributed by atoms with van der Waals surface area (Å²) in [5.41, 5.74) is 0. The number of hydrogen-bond acceptors (Lipinski definition) is 2. The highest BCUT2D eigenvalue weighted by Crippen LogP contribution is 2.43. The van der Waals surface area contributed by atoms with Crippen LogP contribution in [0.5, 0.6) is 0 Å². The first kappa shape index (κ1) is 10.5. The molecule has 0 spiro atoms. The number of rotatable bonds is 2. The zero-order valence-electron chi connectivity index (χ0n) is 8.96. The van der Waals surface area contributed by atoms with Gasteiger partial charge in [-0.15, -0.1) is 0 Å². The average Bonchev–Trinajstić information content (AvgIpc) is 2.15. The normalized spacial score (nSPS) is 28.4. The maximum absolute atomic E-state index is 12.3. The molecular formula is C11H20O2S. The lowest BCUT2D eigenvalue weighted by Gasteiger charge is -2.41. The Morgan fingerprint density at radius 1 is 1.00 bits per heavy atom. The molecule has 2 aliphatic carbocycles. The van der Waals surface area contributed by atoms with Crippen LogP contribution in [0.2, 0.25) is 0 Å². The Hall–Kier alpha value is -0.0500. The van der Waals surface area contributed by atoms with E-state index in [9.17, 15) is 8.42 Å². The number of sulfone groups is 1. The third kappa shape index (κ3) is 1.50. The van der Waals surface area contributed by atoms with Gasteiger partial charge in [-0.05, 0) is 32.6 Å². The molecule has 2 aliphatic rings. The topological polar surface area (TPSA) is 34.1 Å². The Morgan fingerprint density at radius 3 is 2.00 bits per heavy atom. The van der Waals surface area contributed by atoms with Crippen molar-refractivity contribution < 1.29 is 8.42 Å². The van der Waals surface area contributed by atoms with Crippen molar-refractivity contribution in [1.82, 2.24) is 0 Å². The van der Waals surface area contributed by atoms with Gasteiger partial charge in [0.15, 0.2) is 9.84 Å². The first-order valence-electron chi connectivity index (χ1n) is 5.80. The molecule has 82 valence electrons. The average molecular weight is 216 g/mol. The van der Waals surface area contributed by atoms with Gasteiger partial charge >= 0.3 is 0 Å². The smallest absolute Gasteiger partial charge is 0.158 e. The Bertz CT molecular complexity index is 295. The monoisotopic (exact) mass is 216 g/mol. The predicted octanol–water partition coefficient (Wildman–Crippen LogP) is 2.68. The molecule has 3 heteroatoms. The lowest BCUT2D eigenvalue weighted by Crippen LogP contribution is -2.47. The summed E-state index contributed by atoms with van der Waals surface area (Å²) in [6.45, 7) is 1.94. The van der Waals surface area contributed by atoms with Crippen LogP contribution in [-0.2, 0) is 9.84 Å². The zero-order chi connectivity index (χ0) is 10.2. The summed E-state index contributed by atoms with van der Waals surface area (Å²) in [4.78, 5) is 0. The maximum atomic E-state index is 12.3. The first-order chi connectivity index (χ1) is 6.56. The van der Waals surface area contributed by atoms with Crippen LogP contribution in [0.3, 0.4) is 0 Å². The molecule has 0 saturated heterocycles. The molecule has 0 bridgehead atoms. The van der Waals surface area contributed by atoms with Crippen molar-refractivity contribution in [2.24, 2.45) is 0 Å². The van der Waals surface area contributed by atoms with Gasteiger partial charge in [-0.1, -0.05) is 25.7 Å². The molecule has 2 rings (SSSR count). The Balaban J connectivity index is 2.14. The third-order valence-corrected chi connectivity index (χ3v) is 7.22. The summed E-state index contributed by atoms with van der Waals surface area (Å²) in [6, 6.07) is 0. The molecule has 0 aromatic rings. The quantitative estimate of drug-likeness (QED) is 0.711. The molecule has 0 heterocycles. The van der Waals surface area contributed by atoms with Crippen LogP contribution in [0.1, 0.15) is 58.3 Å². The van der Waals surface area contributed by atoms with Crippen LogP contribution in [-0.4, -0.2) is 18.4 Å². The molecule has 0 aliphatic heterocycles. The van der Waals surface area contributed by atoms with Crippen LogP contribution < -0.4 is 0 Å². The molecule has 14 heavy (non-hydrogen) atoms. The third-order valence-electron chi connectivity index (χ3n) is 4.09. The minimum Gasteiger partial charge on any atom is -0.228 e. The highest BCUT2D eigenvalue weighted by molar-refractivity contribution is 7.93. The van der Waals surface area contributed by atoms with Crippen LogP contribution in [0.15, 0.2) is 0 Å². The molecule has 2 fully saturated rings. The Kier molecular flexibility index (Phi) is 2.63. The van der Waals surface area contributed by atoms with Crippen molar-refractivity contribution in [3.8, 4) is 0 Å². The summed E-state index contributed by atoms with van der Waals surface area (Å²) in [6.07, 6.45) is 8.17. The second kappa shape index (κ2) is 3.51. The van der Waals surface area contributed by atoms with Gasteiger partial charge in [0.2, 0.25) is 0 Å². The maximum Gasteiger partial charge on any atom is 0.158 e. The summed E-state index contributed by atoms with van der Waals surface area (Å²) in [7, 11) is -2.82. The van der Waals surface area contributed by atoms with Crippen molar-refractivity contribution >= 4 is 9.84 Å². The van der Waals surface area contributed by atoms with E-state index in [2.05, 4.69) is 0 Å². The van der Waals surface area contributed by atoms with Crippen molar-refractivity contribution in [3.63, 3.8) is 0 Å². The van der Waals surface area contributed by atoms with Crippen LogP contribution in [0.25, 0.3) is 0 Å². The van der Waals surface area contributed by atoms with Gasteiger partial charge in [-0.2, -0.15) is 0 Å². The van der Waals surface area contributed by atoms with E-state index >= 15 is 0 Å². The molecule has 0 N–H and O–H groups in total. The lowest BCUT2D eigenvalue weighted by atomic mass is 9.86. The van der Waals surface area contributed by atoms with Crippen LogP contribution in [0, 0.1) is 0 Å². The van der Waals surface area contributed by atoms with Crippen LogP contribution >= 0.6 is 0 Å². The SMILES string of the molecule is CC1(S(=O)(=O)C2CCCCC2)CCC1. The molecule has 0 aromatic heterocycles. The van der Waals surface area contributed by atoms with Crippen LogP contribution in [0.4, 0.5) is 0 Å². The molecule has 2 nitrogen and oxygen atoms in total. The van der Waals surface area contributed by atoms with Gasteiger partial charge in [0.05, 0.1) is 10.00 Å². The highest BCUT2D eigenvalue weighted by atomic mass is 32.2. The molecule has 0 atom stereocenters. The van der Waals surface area contributed by atoms with Gasteiger partial charge < -0.3 is 0 Å². The minimum absolute atomic E-state index is 0.0125. The molecular weight excluding hydrogens is 196 g/mol. The van der Waals surface area contributed by atoms with E-state index in [-0.39, 0.29) is 10.00 Å². The molecule has 0 amide bonds. The number of hydrogen-bond donors (Lipinski definition) is 0.